The van der Waals surface area contributed by atoms with E-state index in [0.717, 1.165) is 12.6 Å². The molecule has 1 N–H and O–H groups in total. The van der Waals surface area contributed by atoms with Crippen LogP contribution in [-0.4, -0.2) is 36.1 Å². The minimum Gasteiger partial charge on any atom is -0.308 e. The van der Waals surface area contributed by atoms with Crippen LogP contribution in [0.25, 0.3) is 0 Å². The van der Waals surface area contributed by atoms with Crippen molar-refractivity contribution in [2.45, 2.75) is 44.7 Å². The molecule has 0 aliphatic carbocycles. The molecule has 0 radical (unpaired) electrons. The van der Waals surface area contributed by atoms with Crippen molar-refractivity contribution in [2.24, 2.45) is 0 Å². The molecule has 1 aliphatic rings. The first-order valence-electron chi connectivity index (χ1n) is 6.60. The van der Waals surface area contributed by atoms with Crippen molar-refractivity contribution in [1.29, 1.82) is 0 Å². The Bertz CT molecular complexity index is 312. The fourth-order valence-electron chi connectivity index (χ4n) is 2.51. The average Bonchev–Trinajstić information content (AvgIpc) is 2.85. The zero-order chi connectivity index (χ0) is 12.1. The zero-order valence-electron chi connectivity index (χ0n) is 10.9. The number of thiazole rings is 1. The van der Waals surface area contributed by atoms with E-state index in [1.807, 2.05) is 11.6 Å². The topological polar surface area (TPSA) is 28.2 Å². The number of piperidine rings is 1. The molecule has 2 unspecified atom stereocenters. The Labute approximate surface area is 108 Å². The van der Waals surface area contributed by atoms with Crippen LogP contribution in [-0.2, 0) is 0 Å². The van der Waals surface area contributed by atoms with Gasteiger partial charge in [-0.2, -0.15) is 0 Å². The Balaban J connectivity index is 1.68. The Morgan fingerprint density at radius 1 is 1.59 bits per heavy atom. The number of likely N-dealkylation sites (tertiary alicyclic amines) is 1. The predicted octanol–water partition coefficient (Wildman–Crippen LogP) is 2.67. The van der Waals surface area contributed by atoms with Crippen LogP contribution in [0.3, 0.4) is 0 Å². The van der Waals surface area contributed by atoms with E-state index in [-0.39, 0.29) is 0 Å². The van der Waals surface area contributed by atoms with E-state index in [0.29, 0.717) is 6.04 Å². The molecule has 1 saturated heterocycles. The summed E-state index contributed by atoms with van der Waals surface area (Å²) >= 11 is 1.73. The summed E-state index contributed by atoms with van der Waals surface area (Å²) in [4.78, 5) is 6.86. The summed E-state index contributed by atoms with van der Waals surface area (Å²) in [5.41, 5.74) is 0. The first-order chi connectivity index (χ1) is 8.27. The number of hydrogen-bond acceptors (Lipinski definition) is 4. The molecule has 0 spiro atoms. The van der Waals surface area contributed by atoms with Crippen LogP contribution in [0.1, 0.15) is 43.7 Å². The third-order valence-corrected chi connectivity index (χ3v) is 4.63. The van der Waals surface area contributed by atoms with Gasteiger partial charge in [0.25, 0.3) is 0 Å². The van der Waals surface area contributed by atoms with Crippen molar-refractivity contribution in [2.75, 3.05) is 20.1 Å². The molecule has 1 aromatic rings. The molecular weight excluding hydrogens is 230 g/mol. The predicted molar refractivity (Wildman–Crippen MR) is 73.4 cm³/mol. The number of hydrogen-bond donors (Lipinski definition) is 1. The highest BCUT2D eigenvalue weighted by molar-refractivity contribution is 7.09. The van der Waals surface area contributed by atoms with Gasteiger partial charge in [0.1, 0.15) is 5.01 Å². The van der Waals surface area contributed by atoms with Gasteiger partial charge in [-0.1, -0.05) is 6.42 Å². The lowest BCUT2D eigenvalue weighted by Gasteiger charge is -2.32. The summed E-state index contributed by atoms with van der Waals surface area (Å²) in [6, 6.07) is 1.17. The van der Waals surface area contributed by atoms with Gasteiger partial charge in [-0.3, -0.25) is 0 Å². The van der Waals surface area contributed by atoms with E-state index in [9.17, 15) is 0 Å². The van der Waals surface area contributed by atoms with Gasteiger partial charge in [0.15, 0.2) is 0 Å². The third kappa shape index (κ3) is 3.76. The van der Waals surface area contributed by atoms with Gasteiger partial charge in [-0.25, -0.2) is 4.98 Å². The van der Waals surface area contributed by atoms with Crippen molar-refractivity contribution < 1.29 is 0 Å². The maximum Gasteiger partial charge on any atom is 0.109 e. The molecule has 1 fully saturated rings. The van der Waals surface area contributed by atoms with E-state index in [4.69, 9.17) is 0 Å². The van der Waals surface area contributed by atoms with Crippen molar-refractivity contribution in [3.63, 3.8) is 0 Å². The molecule has 0 aromatic carbocycles. The molecule has 1 aliphatic heterocycles. The first-order valence-corrected chi connectivity index (χ1v) is 7.48. The van der Waals surface area contributed by atoms with Crippen LogP contribution in [0, 0.1) is 0 Å². The van der Waals surface area contributed by atoms with E-state index >= 15 is 0 Å². The van der Waals surface area contributed by atoms with Gasteiger partial charge in [0, 0.05) is 17.6 Å². The maximum atomic E-state index is 4.34. The minimum atomic E-state index is 0.392. The van der Waals surface area contributed by atoms with Crippen LogP contribution in [0.5, 0.6) is 0 Å². The summed E-state index contributed by atoms with van der Waals surface area (Å²) < 4.78 is 0. The fourth-order valence-corrected chi connectivity index (χ4v) is 3.18. The monoisotopic (exact) mass is 253 g/mol. The van der Waals surface area contributed by atoms with Crippen LogP contribution in [0.2, 0.25) is 0 Å². The normalized spacial score (nSPS) is 23.8. The van der Waals surface area contributed by atoms with Gasteiger partial charge in [-0.15, -0.1) is 11.3 Å². The van der Waals surface area contributed by atoms with Crippen LogP contribution >= 0.6 is 11.3 Å². The fraction of sp³-hybridized carbons (Fsp3) is 0.769. The Morgan fingerprint density at radius 3 is 3.18 bits per heavy atom. The quantitative estimate of drug-likeness (QED) is 0.874. The Hall–Kier alpha value is -0.450. The number of aromatic nitrogens is 1. The van der Waals surface area contributed by atoms with E-state index in [1.165, 1.54) is 37.2 Å². The molecule has 2 atom stereocenters. The molecule has 4 heteroatoms. The maximum absolute atomic E-state index is 4.34. The summed E-state index contributed by atoms with van der Waals surface area (Å²) in [6.07, 6.45) is 7.27. The average molecular weight is 253 g/mol. The van der Waals surface area contributed by atoms with Gasteiger partial charge < -0.3 is 10.2 Å². The minimum absolute atomic E-state index is 0.392. The summed E-state index contributed by atoms with van der Waals surface area (Å²) in [5.74, 6) is 0. The summed E-state index contributed by atoms with van der Waals surface area (Å²) in [5, 5.41) is 6.81. The molecule has 17 heavy (non-hydrogen) atoms. The lowest BCUT2D eigenvalue weighted by Crippen LogP contribution is -2.38. The molecule has 2 rings (SSSR count). The zero-order valence-corrected chi connectivity index (χ0v) is 11.7. The highest BCUT2D eigenvalue weighted by atomic mass is 32.1. The highest BCUT2D eigenvalue weighted by Crippen LogP contribution is 2.18. The van der Waals surface area contributed by atoms with E-state index < -0.39 is 0 Å². The number of nitrogens with one attached hydrogen (secondary N) is 1. The molecule has 0 bridgehead atoms. The molecule has 0 amide bonds. The van der Waals surface area contributed by atoms with Gasteiger partial charge in [0.2, 0.25) is 0 Å². The smallest absolute Gasteiger partial charge is 0.109 e. The third-order valence-electron chi connectivity index (χ3n) is 3.67. The second kappa shape index (κ2) is 6.47. The van der Waals surface area contributed by atoms with Gasteiger partial charge >= 0.3 is 0 Å². The standard InChI is InChI=1S/C13H23N3S/c1-11(13-15-8-10-17-13)14-7-6-12-5-3-4-9-16(12)2/h8,10-12,14H,3-7,9H2,1-2H3. The van der Waals surface area contributed by atoms with Crippen LogP contribution in [0.15, 0.2) is 11.6 Å². The van der Waals surface area contributed by atoms with Crippen molar-refractivity contribution >= 4 is 11.3 Å². The largest absolute Gasteiger partial charge is 0.308 e. The number of nitrogens with zero attached hydrogens (tertiary/aromatic N) is 2. The lowest BCUT2D eigenvalue weighted by molar-refractivity contribution is 0.174. The summed E-state index contributed by atoms with van der Waals surface area (Å²) in [6.45, 7) is 4.56. The lowest BCUT2D eigenvalue weighted by atomic mass is 10.00. The van der Waals surface area contributed by atoms with Gasteiger partial charge in [-0.05, 0) is 46.3 Å². The second-order valence-electron chi connectivity index (χ2n) is 4.97. The molecule has 96 valence electrons. The molecule has 1 aromatic heterocycles. The van der Waals surface area contributed by atoms with Crippen molar-refractivity contribution in [1.82, 2.24) is 15.2 Å². The van der Waals surface area contributed by atoms with Crippen LogP contribution in [0.4, 0.5) is 0 Å². The van der Waals surface area contributed by atoms with Crippen molar-refractivity contribution in [3.05, 3.63) is 16.6 Å². The summed E-state index contributed by atoms with van der Waals surface area (Å²) in [7, 11) is 2.26. The SMILES string of the molecule is CC(NCCC1CCCCN1C)c1nccs1. The van der Waals surface area contributed by atoms with E-state index in [1.54, 1.807) is 11.3 Å². The van der Waals surface area contributed by atoms with Gasteiger partial charge in [0.05, 0.1) is 6.04 Å². The first kappa shape index (κ1) is 13.0. The molecular formula is C13H23N3S. The molecule has 2 heterocycles. The second-order valence-corrected chi connectivity index (χ2v) is 5.89. The molecule has 0 saturated carbocycles. The Morgan fingerprint density at radius 2 is 2.47 bits per heavy atom. The number of rotatable bonds is 5. The Kier molecular flexibility index (Phi) is 4.95. The highest BCUT2D eigenvalue weighted by Gasteiger charge is 2.18. The van der Waals surface area contributed by atoms with E-state index in [2.05, 4.69) is 29.2 Å². The van der Waals surface area contributed by atoms with Crippen LogP contribution < -0.4 is 5.32 Å². The molecule has 3 nitrogen and oxygen atoms in total. The van der Waals surface area contributed by atoms with Crippen molar-refractivity contribution in [3.8, 4) is 0 Å².